The molecular formula is C30H29ClLiN2O4S2+. The third-order valence-electron chi connectivity index (χ3n) is 6.33. The monoisotopic (exact) mass is 587 g/mol. The third-order valence-corrected chi connectivity index (χ3v) is 8.30. The van der Waals surface area contributed by atoms with Crippen molar-refractivity contribution in [2.75, 3.05) is 19.1 Å². The molecule has 0 radical (unpaired) electrons. The van der Waals surface area contributed by atoms with Crippen LogP contribution in [0.15, 0.2) is 72.9 Å². The smallest absolute Gasteiger partial charge is 0.480 e. The molecular weight excluding hydrogens is 559 g/mol. The number of hydrogen-bond donors (Lipinski definition) is 2. The van der Waals surface area contributed by atoms with Gasteiger partial charge in [-0.15, -0.1) is 11.3 Å². The van der Waals surface area contributed by atoms with Crippen LogP contribution in [0.4, 0.5) is 0 Å². The second kappa shape index (κ2) is 14.9. The summed E-state index contributed by atoms with van der Waals surface area (Å²) in [5.74, 6) is -0.850. The average molecular weight is 588 g/mol. The number of thioether (sulfide) groups is 1. The Balaban J connectivity index is 0.00000441. The summed E-state index contributed by atoms with van der Waals surface area (Å²) in [5.41, 5.74) is 4.78. The molecule has 3 aromatic carbocycles. The maximum Gasteiger partial charge on any atom is 1.00 e. The van der Waals surface area contributed by atoms with Gasteiger partial charge in [-0.1, -0.05) is 54.1 Å². The van der Waals surface area contributed by atoms with E-state index in [9.17, 15) is 14.7 Å². The number of amides is 1. The molecule has 4 rings (SSSR count). The number of hydrogen-bond acceptors (Lipinski definition) is 6. The van der Waals surface area contributed by atoms with Crippen molar-refractivity contribution in [3.63, 3.8) is 0 Å². The molecule has 0 aliphatic heterocycles. The third kappa shape index (κ3) is 7.58. The Morgan fingerprint density at radius 1 is 1.10 bits per heavy atom. The molecule has 1 amide bonds. The Labute approximate surface area is 259 Å². The van der Waals surface area contributed by atoms with Crippen molar-refractivity contribution in [1.29, 1.82) is 0 Å². The summed E-state index contributed by atoms with van der Waals surface area (Å²) in [7, 11) is 1.64. The zero-order valence-electron chi connectivity index (χ0n) is 22.8. The van der Waals surface area contributed by atoms with Crippen molar-refractivity contribution in [3.05, 3.63) is 99.5 Å². The van der Waals surface area contributed by atoms with Crippen LogP contribution in [-0.4, -0.2) is 47.1 Å². The summed E-state index contributed by atoms with van der Waals surface area (Å²) < 4.78 is 5.92. The van der Waals surface area contributed by atoms with Gasteiger partial charge in [-0.25, -0.2) is 9.78 Å². The molecule has 1 aromatic heterocycles. The number of aryl methyl sites for hydroxylation is 1. The Hall–Kier alpha value is -2.57. The second-order valence-electron chi connectivity index (χ2n) is 8.96. The Kier molecular flexibility index (Phi) is 11.9. The van der Waals surface area contributed by atoms with E-state index in [1.807, 2.05) is 73.8 Å². The quantitative estimate of drug-likeness (QED) is 0.257. The fourth-order valence-electron chi connectivity index (χ4n) is 4.33. The number of nitrogens with zero attached hydrogens (tertiary/aromatic N) is 1. The molecule has 2 N–H and O–H groups in total. The van der Waals surface area contributed by atoms with Gasteiger partial charge in [0.15, 0.2) is 0 Å². The predicted molar refractivity (Wildman–Crippen MR) is 160 cm³/mol. The summed E-state index contributed by atoms with van der Waals surface area (Å²) in [5, 5.41) is 13.8. The van der Waals surface area contributed by atoms with Gasteiger partial charge in [0, 0.05) is 29.5 Å². The van der Waals surface area contributed by atoms with Crippen LogP contribution in [0.1, 0.15) is 38.9 Å². The molecule has 4 aromatic rings. The SMILES string of the molecule is COC(c1ccc(C(=O)NC(CCSC)C(=O)O)c(-c2ccccc2C)c1)c1cnc(-c2cccc(Cl)c2)s1.[Li+]. The molecule has 0 aliphatic rings. The molecule has 0 bridgehead atoms. The van der Waals surface area contributed by atoms with E-state index < -0.39 is 24.0 Å². The molecule has 0 saturated heterocycles. The molecule has 0 saturated carbocycles. The minimum Gasteiger partial charge on any atom is -0.480 e. The van der Waals surface area contributed by atoms with E-state index in [0.29, 0.717) is 28.3 Å². The number of aliphatic carboxylic acids is 1. The standard InChI is InChI=1S/C30H29ClN2O4S2.Li/c1-18-7-4-5-10-22(18)24-16-19(11-12-23(24)28(34)33-25(30(35)36)13-14-38-3)27(37-2)26-17-32-29(39-26)20-8-6-9-21(31)15-20;/h4-12,15-17,25,27H,13-14H2,1-3H3,(H,33,34)(H,35,36);/q;+1. The molecule has 2 unspecified atom stereocenters. The van der Waals surface area contributed by atoms with Crippen LogP contribution in [0.2, 0.25) is 5.02 Å². The van der Waals surface area contributed by atoms with E-state index >= 15 is 0 Å². The number of benzene rings is 3. The first-order valence-corrected chi connectivity index (χ1v) is 14.9. The predicted octanol–water partition coefficient (Wildman–Crippen LogP) is 4.11. The van der Waals surface area contributed by atoms with Gasteiger partial charge in [0.1, 0.15) is 17.2 Å². The number of thiazole rings is 1. The first-order chi connectivity index (χ1) is 18.8. The molecule has 0 fully saturated rings. The number of aromatic nitrogens is 1. The summed E-state index contributed by atoms with van der Waals surface area (Å²) >= 11 is 9.23. The van der Waals surface area contributed by atoms with Gasteiger partial charge in [0.25, 0.3) is 5.91 Å². The van der Waals surface area contributed by atoms with E-state index in [1.54, 1.807) is 19.4 Å². The molecule has 1 heterocycles. The van der Waals surface area contributed by atoms with Crippen LogP contribution in [0.25, 0.3) is 21.7 Å². The minimum atomic E-state index is -1.05. The fraction of sp³-hybridized carbons (Fsp3) is 0.233. The number of carbonyl (C=O) groups is 2. The maximum absolute atomic E-state index is 13.4. The van der Waals surface area contributed by atoms with Crippen LogP contribution >= 0.6 is 34.7 Å². The number of carboxylic acid groups (broad SMARTS) is 1. The van der Waals surface area contributed by atoms with Crippen molar-refractivity contribution < 1.29 is 38.3 Å². The van der Waals surface area contributed by atoms with Gasteiger partial charge >= 0.3 is 24.8 Å². The van der Waals surface area contributed by atoms with Gasteiger partial charge in [-0.05, 0) is 71.9 Å². The largest absolute Gasteiger partial charge is 1.00 e. The number of rotatable bonds is 11. The van der Waals surface area contributed by atoms with Gasteiger partial charge in [0.2, 0.25) is 0 Å². The molecule has 40 heavy (non-hydrogen) atoms. The van der Waals surface area contributed by atoms with Crippen molar-refractivity contribution >= 4 is 46.6 Å². The van der Waals surface area contributed by atoms with Crippen LogP contribution in [0.5, 0.6) is 0 Å². The van der Waals surface area contributed by atoms with Crippen LogP contribution in [0, 0.1) is 6.92 Å². The molecule has 10 heteroatoms. The minimum absolute atomic E-state index is 0. The maximum atomic E-state index is 13.4. The number of carboxylic acids is 1. The molecule has 0 spiro atoms. The first kappa shape index (κ1) is 31.9. The van der Waals surface area contributed by atoms with Gasteiger partial charge in [0.05, 0.1) is 4.88 Å². The zero-order valence-corrected chi connectivity index (χ0v) is 25.2. The molecule has 6 nitrogen and oxygen atoms in total. The first-order valence-electron chi connectivity index (χ1n) is 12.3. The van der Waals surface area contributed by atoms with E-state index in [2.05, 4.69) is 10.3 Å². The van der Waals surface area contributed by atoms with E-state index in [1.165, 1.54) is 23.1 Å². The molecule has 2 atom stereocenters. The van der Waals surface area contributed by atoms with Gasteiger partial charge in [-0.2, -0.15) is 11.8 Å². The van der Waals surface area contributed by atoms with Crippen LogP contribution in [0.3, 0.4) is 0 Å². The zero-order chi connectivity index (χ0) is 27.9. The van der Waals surface area contributed by atoms with Crippen molar-refractivity contribution in [1.82, 2.24) is 10.3 Å². The van der Waals surface area contributed by atoms with Crippen molar-refractivity contribution in [3.8, 4) is 21.7 Å². The Morgan fingerprint density at radius 3 is 2.55 bits per heavy atom. The number of carbonyl (C=O) groups excluding carboxylic acids is 1. The van der Waals surface area contributed by atoms with Gasteiger partial charge in [-0.3, -0.25) is 4.79 Å². The van der Waals surface area contributed by atoms with Crippen molar-refractivity contribution in [2.24, 2.45) is 0 Å². The number of nitrogens with one attached hydrogen (secondary N) is 1. The summed E-state index contributed by atoms with van der Waals surface area (Å²) in [4.78, 5) is 30.7. The summed E-state index contributed by atoms with van der Waals surface area (Å²) in [6.45, 7) is 1.98. The topological polar surface area (TPSA) is 88.5 Å². The molecule has 202 valence electrons. The number of methoxy groups -OCH3 is 1. The van der Waals surface area contributed by atoms with E-state index in [0.717, 1.165) is 32.1 Å². The average Bonchev–Trinajstić information content (AvgIpc) is 3.41. The summed E-state index contributed by atoms with van der Waals surface area (Å²) in [6.07, 6.45) is 3.63. The Morgan fingerprint density at radius 2 is 1.88 bits per heavy atom. The number of ether oxygens (including phenoxy) is 1. The van der Waals surface area contributed by atoms with Crippen LogP contribution < -0.4 is 24.2 Å². The van der Waals surface area contributed by atoms with E-state index in [-0.39, 0.29) is 18.9 Å². The van der Waals surface area contributed by atoms with Crippen molar-refractivity contribution in [2.45, 2.75) is 25.5 Å². The normalized spacial score (nSPS) is 12.3. The fourth-order valence-corrected chi connectivity index (χ4v) is 6.01. The van der Waals surface area contributed by atoms with Crippen LogP contribution in [-0.2, 0) is 9.53 Å². The number of halogens is 1. The Bertz CT molecular complexity index is 1480. The summed E-state index contributed by atoms with van der Waals surface area (Å²) in [6, 6.07) is 19.9. The second-order valence-corrected chi connectivity index (χ2v) is 11.4. The van der Waals surface area contributed by atoms with Gasteiger partial charge < -0.3 is 15.2 Å². The molecule has 0 aliphatic carbocycles. The van der Waals surface area contributed by atoms with E-state index in [4.69, 9.17) is 16.3 Å².